The number of carbonyl (C=O) groups excluding carboxylic acids is 1. The summed E-state index contributed by atoms with van der Waals surface area (Å²) < 4.78 is 5.33. The van der Waals surface area contributed by atoms with Crippen LogP contribution in [-0.4, -0.2) is 34.7 Å². The number of nitrogens with one attached hydrogen (secondary N) is 1. The second-order valence-corrected chi connectivity index (χ2v) is 6.76. The summed E-state index contributed by atoms with van der Waals surface area (Å²) in [5.74, 6) is 0.616. The van der Waals surface area contributed by atoms with Crippen molar-refractivity contribution < 1.29 is 9.53 Å². The van der Waals surface area contributed by atoms with Crippen LogP contribution in [0.1, 0.15) is 58.6 Å². The molecule has 0 unspecified atom stereocenters. The molecule has 1 N–H and O–H groups in total. The first-order chi connectivity index (χ1) is 10.4. The molecule has 5 nitrogen and oxygen atoms in total. The van der Waals surface area contributed by atoms with Gasteiger partial charge in [0.05, 0.1) is 0 Å². The van der Waals surface area contributed by atoms with Crippen molar-refractivity contribution in [3.63, 3.8) is 0 Å². The number of hydrogen-bond donors (Lipinski definition) is 1. The summed E-state index contributed by atoms with van der Waals surface area (Å²) in [5.41, 5.74) is 0.569. The second kappa shape index (κ2) is 7.09. The zero-order chi connectivity index (χ0) is 16.2. The van der Waals surface area contributed by atoms with E-state index in [1.54, 1.807) is 6.20 Å². The number of nitrogens with zero attached hydrogens (tertiary/aromatic N) is 2. The van der Waals surface area contributed by atoms with Gasteiger partial charge in [-0.05, 0) is 59.2 Å². The van der Waals surface area contributed by atoms with Gasteiger partial charge in [-0.3, -0.25) is 10.2 Å². The first-order valence-electron chi connectivity index (χ1n) is 8.09. The molecule has 0 bridgehead atoms. The number of aromatic nitrogens is 1. The van der Waals surface area contributed by atoms with Crippen LogP contribution in [0.5, 0.6) is 0 Å². The molecule has 0 aromatic carbocycles. The van der Waals surface area contributed by atoms with Gasteiger partial charge in [0.2, 0.25) is 0 Å². The van der Waals surface area contributed by atoms with E-state index in [0.717, 1.165) is 31.5 Å². The van der Waals surface area contributed by atoms with Gasteiger partial charge < -0.3 is 4.74 Å². The molecule has 0 spiro atoms. The second-order valence-electron chi connectivity index (χ2n) is 6.76. The first kappa shape index (κ1) is 16.7. The van der Waals surface area contributed by atoms with E-state index in [4.69, 9.17) is 4.74 Å². The molecule has 122 valence electrons. The smallest absolute Gasteiger partial charge is 0.413 e. The van der Waals surface area contributed by atoms with E-state index in [2.05, 4.69) is 28.2 Å². The predicted octanol–water partition coefficient (Wildman–Crippen LogP) is 3.98. The van der Waals surface area contributed by atoms with Crippen LogP contribution in [0.25, 0.3) is 0 Å². The third-order valence-electron chi connectivity index (χ3n) is 3.69. The Kier molecular flexibility index (Phi) is 5.40. The summed E-state index contributed by atoms with van der Waals surface area (Å²) >= 11 is 0. The van der Waals surface area contributed by atoms with Crippen LogP contribution >= 0.6 is 0 Å². The summed E-state index contributed by atoms with van der Waals surface area (Å²) in [7, 11) is 0. The van der Waals surface area contributed by atoms with Crippen LogP contribution < -0.4 is 5.32 Å². The number of rotatable bonds is 4. The maximum atomic E-state index is 12.0. The third kappa shape index (κ3) is 4.44. The van der Waals surface area contributed by atoms with Gasteiger partial charge in [-0.25, -0.2) is 9.78 Å². The van der Waals surface area contributed by atoms with E-state index < -0.39 is 11.7 Å². The molecule has 2 heterocycles. The molecule has 0 aliphatic carbocycles. The largest absolute Gasteiger partial charge is 0.444 e. The van der Waals surface area contributed by atoms with Gasteiger partial charge in [0, 0.05) is 17.8 Å². The Balaban J connectivity index is 2.14. The van der Waals surface area contributed by atoms with Gasteiger partial charge in [-0.2, -0.15) is 0 Å². The molecular weight excluding hydrogens is 278 g/mol. The van der Waals surface area contributed by atoms with Crippen molar-refractivity contribution in [2.75, 3.05) is 18.4 Å². The molecule has 1 aromatic heterocycles. The van der Waals surface area contributed by atoms with E-state index in [-0.39, 0.29) is 0 Å². The molecule has 1 fully saturated rings. The van der Waals surface area contributed by atoms with E-state index >= 15 is 0 Å². The quantitative estimate of drug-likeness (QED) is 0.914. The van der Waals surface area contributed by atoms with Crippen molar-refractivity contribution in [1.29, 1.82) is 0 Å². The maximum Gasteiger partial charge on any atom is 0.413 e. The van der Waals surface area contributed by atoms with E-state index in [1.165, 1.54) is 6.42 Å². The van der Waals surface area contributed by atoms with Crippen molar-refractivity contribution in [3.8, 4) is 0 Å². The lowest BCUT2D eigenvalue weighted by molar-refractivity contribution is 0.0635. The topological polar surface area (TPSA) is 54.5 Å². The highest BCUT2D eigenvalue weighted by Gasteiger charge is 2.28. The molecule has 1 amide bonds. The Morgan fingerprint density at radius 2 is 2.27 bits per heavy atom. The minimum absolute atomic E-state index is 0.332. The Bertz CT molecular complexity index is 511. The Morgan fingerprint density at radius 3 is 2.95 bits per heavy atom. The van der Waals surface area contributed by atoms with Crippen LogP contribution in [0, 0.1) is 0 Å². The standard InChI is InChI=1S/C17H27N3O2/c1-5-11-20-12-7-9-14(20)13-8-6-10-18-15(13)19-16(21)22-17(2,3)4/h6,8,10,14H,5,7,9,11-12H2,1-4H3,(H,18,19,21)/t14-/m1/s1. The van der Waals surface area contributed by atoms with E-state index in [9.17, 15) is 4.79 Å². The fourth-order valence-electron chi connectivity index (χ4n) is 2.92. The highest BCUT2D eigenvalue weighted by molar-refractivity contribution is 5.84. The van der Waals surface area contributed by atoms with Gasteiger partial charge in [-0.15, -0.1) is 0 Å². The zero-order valence-electron chi connectivity index (χ0n) is 14.1. The summed E-state index contributed by atoms with van der Waals surface area (Å²) in [6.07, 6.45) is 4.67. The van der Waals surface area contributed by atoms with Gasteiger partial charge in [-0.1, -0.05) is 13.0 Å². The van der Waals surface area contributed by atoms with Crippen molar-refractivity contribution in [1.82, 2.24) is 9.88 Å². The molecule has 22 heavy (non-hydrogen) atoms. The molecule has 1 aromatic rings. The molecular formula is C17H27N3O2. The highest BCUT2D eigenvalue weighted by atomic mass is 16.6. The average Bonchev–Trinajstić information content (AvgIpc) is 2.85. The fraction of sp³-hybridized carbons (Fsp3) is 0.647. The zero-order valence-corrected chi connectivity index (χ0v) is 14.1. The lowest BCUT2D eigenvalue weighted by atomic mass is 10.1. The summed E-state index contributed by atoms with van der Waals surface area (Å²) in [4.78, 5) is 18.8. The van der Waals surface area contributed by atoms with Crippen LogP contribution in [0.2, 0.25) is 0 Å². The van der Waals surface area contributed by atoms with Crippen molar-refractivity contribution >= 4 is 11.9 Å². The first-order valence-corrected chi connectivity index (χ1v) is 8.09. The fourth-order valence-corrected chi connectivity index (χ4v) is 2.92. The lowest BCUT2D eigenvalue weighted by Gasteiger charge is -2.26. The lowest BCUT2D eigenvalue weighted by Crippen LogP contribution is -2.29. The monoisotopic (exact) mass is 305 g/mol. The summed E-state index contributed by atoms with van der Waals surface area (Å²) in [5, 5.41) is 2.81. The van der Waals surface area contributed by atoms with Crippen molar-refractivity contribution in [2.45, 2.75) is 58.6 Å². The predicted molar refractivity (Wildman–Crippen MR) is 87.9 cm³/mol. The summed E-state index contributed by atoms with van der Waals surface area (Å²) in [6, 6.07) is 4.31. The summed E-state index contributed by atoms with van der Waals surface area (Å²) in [6.45, 7) is 9.94. The van der Waals surface area contributed by atoms with Crippen LogP contribution in [0.15, 0.2) is 18.3 Å². The maximum absolute atomic E-state index is 12.0. The van der Waals surface area contributed by atoms with Gasteiger partial charge in [0.15, 0.2) is 0 Å². The van der Waals surface area contributed by atoms with Crippen LogP contribution in [-0.2, 0) is 4.74 Å². The third-order valence-corrected chi connectivity index (χ3v) is 3.69. The molecule has 1 aliphatic rings. The number of hydrogen-bond acceptors (Lipinski definition) is 4. The number of pyridine rings is 1. The number of likely N-dealkylation sites (tertiary alicyclic amines) is 1. The number of amides is 1. The molecule has 2 rings (SSSR count). The normalized spacial score (nSPS) is 19.2. The van der Waals surface area contributed by atoms with Crippen LogP contribution in [0.3, 0.4) is 0 Å². The number of carbonyl (C=O) groups is 1. The molecule has 0 radical (unpaired) electrons. The molecule has 1 aliphatic heterocycles. The minimum Gasteiger partial charge on any atom is -0.444 e. The Hall–Kier alpha value is -1.62. The Morgan fingerprint density at radius 1 is 1.50 bits per heavy atom. The van der Waals surface area contributed by atoms with Gasteiger partial charge in [0.25, 0.3) is 0 Å². The minimum atomic E-state index is -0.513. The molecule has 0 saturated carbocycles. The molecule has 1 atom stereocenters. The highest BCUT2D eigenvalue weighted by Crippen LogP contribution is 2.35. The molecule has 1 saturated heterocycles. The van der Waals surface area contributed by atoms with E-state index in [0.29, 0.717) is 11.9 Å². The number of anilines is 1. The molecule has 5 heteroatoms. The van der Waals surface area contributed by atoms with Crippen molar-refractivity contribution in [2.24, 2.45) is 0 Å². The number of ether oxygens (including phenoxy) is 1. The Labute approximate surface area is 133 Å². The van der Waals surface area contributed by atoms with E-state index in [1.807, 2.05) is 26.8 Å². The van der Waals surface area contributed by atoms with Crippen LogP contribution in [0.4, 0.5) is 10.6 Å². The van der Waals surface area contributed by atoms with Gasteiger partial charge >= 0.3 is 6.09 Å². The average molecular weight is 305 g/mol. The van der Waals surface area contributed by atoms with Crippen molar-refractivity contribution in [3.05, 3.63) is 23.9 Å². The SMILES string of the molecule is CCCN1CCC[C@@H]1c1cccnc1NC(=O)OC(C)(C)C. The van der Waals surface area contributed by atoms with Gasteiger partial charge in [0.1, 0.15) is 11.4 Å².